The molecule has 0 unspecified atom stereocenters. The fourth-order valence-corrected chi connectivity index (χ4v) is 5.23. The van der Waals surface area contributed by atoms with Crippen molar-refractivity contribution in [3.05, 3.63) is 40.6 Å². The van der Waals surface area contributed by atoms with Gasteiger partial charge in [-0.25, -0.2) is 14.4 Å². The lowest BCUT2D eigenvalue weighted by atomic mass is 9.87. The van der Waals surface area contributed by atoms with Crippen molar-refractivity contribution in [1.82, 2.24) is 9.97 Å². The van der Waals surface area contributed by atoms with Gasteiger partial charge in [0.25, 0.3) is 0 Å². The van der Waals surface area contributed by atoms with Gasteiger partial charge in [-0.05, 0) is 18.4 Å². The van der Waals surface area contributed by atoms with Crippen LogP contribution in [0.25, 0.3) is 0 Å². The summed E-state index contributed by atoms with van der Waals surface area (Å²) in [4.78, 5) is 16.7. The molecular formula is C15H15FN4S2. The summed E-state index contributed by atoms with van der Waals surface area (Å²) < 4.78 is 13.1. The normalized spacial score (nSPS) is 27.6. The van der Waals surface area contributed by atoms with Crippen molar-refractivity contribution in [1.29, 1.82) is 0 Å². The molecule has 114 valence electrons. The Balaban J connectivity index is 1.73. The van der Waals surface area contributed by atoms with Gasteiger partial charge < -0.3 is 4.90 Å². The van der Waals surface area contributed by atoms with E-state index in [-0.39, 0.29) is 5.54 Å². The Morgan fingerprint density at radius 1 is 1.36 bits per heavy atom. The largest absolute Gasteiger partial charge is 0.338 e. The van der Waals surface area contributed by atoms with Crippen LogP contribution in [0.3, 0.4) is 0 Å². The number of rotatable bonds is 2. The molecule has 0 bridgehead atoms. The van der Waals surface area contributed by atoms with Gasteiger partial charge in [-0.1, -0.05) is 6.07 Å². The lowest BCUT2D eigenvalue weighted by molar-refractivity contribution is 0.395. The van der Waals surface area contributed by atoms with Crippen LogP contribution < -0.4 is 4.90 Å². The Kier molecular flexibility index (Phi) is 3.41. The highest BCUT2D eigenvalue weighted by molar-refractivity contribution is 8.13. The molecule has 4 rings (SSSR count). The molecule has 1 saturated heterocycles. The van der Waals surface area contributed by atoms with Crippen LogP contribution in [0.15, 0.2) is 34.9 Å². The zero-order chi connectivity index (χ0) is 15.2. The molecule has 0 amide bonds. The van der Waals surface area contributed by atoms with Gasteiger partial charge in [0.2, 0.25) is 5.95 Å². The quantitative estimate of drug-likeness (QED) is 0.846. The van der Waals surface area contributed by atoms with Crippen LogP contribution in [-0.4, -0.2) is 33.9 Å². The van der Waals surface area contributed by atoms with Crippen LogP contribution in [0.5, 0.6) is 0 Å². The zero-order valence-corrected chi connectivity index (χ0v) is 13.7. The number of aliphatic imine (C=N–C) groups is 1. The van der Waals surface area contributed by atoms with Crippen LogP contribution in [0, 0.1) is 11.7 Å². The van der Waals surface area contributed by atoms with Crippen LogP contribution in [0.1, 0.15) is 11.8 Å². The van der Waals surface area contributed by atoms with Gasteiger partial charge in [-0.3, -0.25) is 4.99 Å². The summed E-state index contributed by atoms with van der Waals surface area (Å²) in [5, 5.41) is 3.23. The molecule has 22 heavy (non-hydrogen) atoms. The highest BCUT2D eigenvalue weighted by Gasteiger charge is 2.51. The van der Waals surface area contributed by atoms with Gasteiger partial charge in [-0.15, -0.1) is 23.1 Å². The number of hydrogen-bond acceptors (Lipinski definition) is 6. The molecule has 1 fully saturated rings. The van der Waals surface area contributed by atoms with Gasteiger partial charge >= 0.3 is 0 Å². The Labute approximate surface area is 136 Å². The van der Waals surface area contributed by atoms with Gasteiger partial charge in [-0.2, -0.15) is 0 Å². The lowest BCUT2D eigenvalue weighted by Crippen LogP contribution is -2.37. The van der Waals surface area contributed by atoms with Crippen molar-refractivity contribution in [3.63, 3.8) is 0 Å². The summed E-state index contributed by atoms with van der Waals surface area (Å²) in [6.45, 7) is 3.68. The van der Waals surface area contributed by atoms with E-state index in [2.05, 4.69) is 39.3 Å². The predicted molar refractivity (Wildman–Crippen MR) is 89.3 cm³/mol. The van der Waals surface area contributed by atoms with E-state index in [0.29, 0.717) is 11.9 Å². The van der Waals surface area contributed by atoms with E-state index in [1.807, 2.05) is 11.8 Å². The van der Waals surface area contributed by atoms with E-state index in [4.69, 9.17) is 4.99 Å². The fraction of sp³-hybridized carbons (Fsp3) is 0.400. The van der Waals surface area contributed by atoms with Crippen molar-refractivity contribution in [3.8, 4) is 0 Å². The summed E-state index contributed by atoms with van der Waals surface area (Å²) in [7, 11) is 0. The summed E-state index contributed by atoms with van der Waals surface area (Å²) in [6, 6.07) is 4.24. The monoisotopic (exact) mass is 334 g/mol. The van der Waals surface area contributed by atoms with Gasteiger partial charge in [0.1, 0.15) is 5.54 Å². The molecule has 0 radical (unpaired) electrons. The first-order chi connectivity index (χ1) is 10.7. The maximum absolute atomic E-state index is 13.1. The summed E-state index contributed by atoms with van der Waals surface area (Å²) in [5.41, 5.74) is -0.207. The standard InChI is InChI=1S/C15H15FN4S2/c1-10-19-15(13-3-2-4-21-13)9-20(7-11(15)8-22-10)14-17-5-12(16)6-18-14/h2-6,11H,7-9H2,1H3/t11-,15-/m0/s1. The topological polar surface area (TPSA) is 41.4 Å². The molecule has 2 aliphatic heterocycles. The molecule has 4 nitrogen and oxygen atoms in total. The first-order valence-electron chi connectivity index (χ1n) is 7.13. The van der Waals surface area contributed by atoms with E-state index in [9.17, 15) is 4.39 Å². The molecule has 4 heterocycles. The molecule has 2 aromatic rings. The van der Waals surface area contributed by atoms with Crippen molar-refractivity contribution < 1.29 is 4.39 Å². The van der Waals surface area contributed by atoms with Gasteiger partial charge in [0.15, 0.2) is 5.82 Å². The SMILES string of the molecule is CC1=N[C@@]2(c3cccs3)CN(c3ncc(F)cn3)C[C@H]2CS1. The van der Waals surface area contributed by atoms with Crippen LogP contribution in [-0.2, 0) is 5.54 Å². The second-order valence-corrected chi connectivity index (χ2v) is 7.78. The second kappa shape index (κ2) is 5.31. The first kappa shape index (κ1) is 14.1. The highest BCUT2D eigenvalue weighted by atomic mass is 32.2. The number of thiophene rings is 1. The summed E-state index contributed by atoms with van der Waals surface area (Å²) >= 11 is 3.57. The minimum Gasteiger partial charge on any atom is -0.338 e. The Hall–Kier alpha value is -1.47. The number of anilines is 1. The molecule has 0 saturated carbocycles. The van der Waals surface area contributed by atoms with E-state index >= 15 is 0 Å². The molecule has 2 aromatic heterocycles. The van der Waals surface area contributed by atoms with Crippen molar-refractivity contribution in [2.24, 2.45) is 10.9 Å². The Morgan fingerprint density at radius 2 is 2.18 bits per heavy atom. The predicted octanol–water partition coefficient (Wildman–Crippen LogP) is 3.17. The van der Waals surface area contributed by atoms with Crippen LogP contribution in [0.2, 0.25) is 0 Å². The number of aromatic nitrogens is 2. The smallest absolute Gasteiger partial charge is 0.225 e. The maximum Gasteiger partial charge on any atom is 0.225 e. The number of halogens is 1. The van der Waals surface area contributed by atoms with Crippen molar-refractivity contribution in [2.45, 2.75) is 12.5 Å². The Morgan fingerprint density at radius 3 is 2.91 bits per heavy atom. The number of hydrogen-bond donors (Lipinski definition) is 0. The number of thioether (sulfide) groups is 1. The second-order valence-electron chi connectivity index (χ2n) is 5.62. The van der Waals surface area contributed by atoms with Crippen molar-refractivity contribution >= 4 is 34.1 Å². The molecule has 2 atom stereocenters. The lowest BCUT2D eigenvalue weighted by Gasteiger charge is -2.33. The summed E-state index contributed by atoms with van der Waals surface area (Å²) in [6.07, 6.45) is 2.46. The minimum absolute atomic E-state index is 0.207. The molecule has 0 spiro atoms. The number of nitrogens with zero attached hydrogens (tertiary/aromatic N) is 4. The maximum atomic E-state index is 13.1. The fourth-order valence-electron chi connectivity index (χ4n) is 3.23. The first-order valence-corrected chi connectivity index (χ1v) is 9.00. The molecule has 0 aromatic carbocycles. The average Bonchev–Trinajstić information content (AvgIpc) is 3.15. The molecule has 0 aliphatic carbocycles. The molecular weight excluding hydrogens is 319 g/mol. The van der Waals surface area contributed by atoms with Crippen LogP contribution >= 0.6 is 23.1 Å². The molecule has 7 heteroatoms. The third-order valence-corrected chi connectivity index (χ3v) is 6.35. The van der Waals surface area contributed by atoms with Crippen LogP contribution in [0.4, 0.5) is 10.3 Å². The molecule has 0 N–H and O–H groups in total. The zero-order valence-electron chi connectivity index (χ0n) is 12.1. The van der Waals surface area contributed by atoms with E-state index in [1.54, 1.807) is 11.3 Å². The summed E-state index contributed by atoms with van der Waals surface area (Å²) in [5.74, 6) is 1.65. The third-order valence-electron chi connectivity index (χ3n) is 4.24. The Bertz CT molecular complexity index is 701. The van der Waals surface area contributed by atoms with Crippen molar-refractivity contribution in [2.75, 3.05) is 23.7 Å². The van der Waals surface area contributed by atoms with Gasteiger partial charge in [0.05, 0.1) is 24.0 Å². The highest BCUT2D eigenvalue weighted by Crippen LogP contribution is 2.47. The average molecular weight is 334 g/mol. The van der Waals surface area contributed by atoms with E-state index in [1.165, 1.54) is 17.3 Å². The van der Waals surface area contributed by atoms with Gasteiger partial charge in [0, 0.05) is 23.1 Å². The number of fused-ring (bicyclic) bond motifs is 1. The van der Waals surface area contributed by atoms with E-state index in [0.717, 1.165) is 23.9 Å². The van der Waals surface area contributed by atoms with E-state index < -0.39 is 5.82 Å². The minimum atomic E-state index is -0.405. The third kappa shape index (κ3) is 2.23. The molecule has 2 aliphatic rings.